The van der Waals surface area contributed by atoms with Crippen molar-refractivity contribution >= 4 is 23.1 Å². The molecule has 6 heteroatoms. The van der Waals surface area contributed by atoms with Crippen LogP contribution in [0, 0.1) is 5.82 Å². The molecule has 0 bridgehead atoms. The Morgan fingerprint density at radius 3 is 2.55 bits per heavy atom. The highest BCUT2D eigenvalue weighted by molar-refractivity contribution is 7.80. The second-order valence-corrected chi connectivity index (χ2v) is 5.36. The lowest BCUT2D eigenvalue weighted by atomic mass is 10.1. The molecule has 2 rings (SSSR count). The molecule has 0 atom stereocenters. The molecular formula is C14H18FN3OS. The number of thiocarbonyl (C=S) groups is 1. The molecule has 1 heterocycles. The zero-order valence-corrected chi connectivity index (χ0v) is 12.3. The van der Waals surface area contributed by atoms with Crippen molar-refractivity contribution in [3.05, 3.63) is 35.1 Å². The van der Waals surface area contributed by atoms with Gasteiger partial charge in [0.15, 0.2) is 0 Å². The quantitative estimate of drug-likeness (QED) is 0.849. The number of carbonyl (C=O) groups excluding carboxylic acids is 1. The number of hydrogen-bond acceptors (Lipinski definition) is 3. The Bertz CT molecular complexity index is 527. The molecule has 1 aromatic rings. The molecule has 108 valence electrons. The molecule has 20 heavy (non-hydrogen) atoms. The summed E-state index contributed by atoms with van der Waals surface area (Å²) < 4.78 is 14.2. The smallest absolute Gasteiger partial charge is 0.219 e. The summed E-state index contributed by atoms with van der Waals surface area (Å²) in [7, 11) is 0. The number of nitrogens with two attached hydrogens (primary N) is 1. The van der Waals surface area contributed by atoms with E-state index in [1.165, 1.54) is 0 Å². The van der Waals surface area contributed by atoms with Crippen molar-refractivity contribution in [2.24, 2.45) is 5.73 Å². The van der Waals surface area contributed by atoms with E-state index in [4.69, 9.17) is 18.0 Å². The largest absolute Gasteiger partial charge is 0.389 e. The fourth-order valence-electron chi connectivity index (χ4n) is 2.35. The maximum absolute atomic E-state index is 14.2. The van der Waals surface area contributed by atoms with E-state index < -0.39 is 0 Å². The van der Waals surface area contributed by atoms with Crippen LogP contribution >= 0.6 is 12.2 Å². The monoisotopic (exact) mass is 295 g/mol. The van der Waals surface area contributed by atoms with Crippen LogP contribution in [0.1, 0.15) is 18.1 Å². The number of benzene rings is 1. The average Bonchev–Trinajstić information content (AvgIpc) is 2.41. The SMILES string of the molecule is CC(=O)N1CCN(Cc2cccc(C(N)=S)c2F)CC1. The van der Waals surface area contributed by atoms with Gasteiger partial charge in [-0.3, -0.25) is 9.69 Å². The van der Waals surface area contributed by atoms with Gasteiger partial charge in [0.1, 0.15) is 10.8 Å². The average molecular weight is 295 g/mol. The van der Waals surface area contributed by atoms with Crippen molar-refractivity contribution in [2.75, 3.05) is 26.2 Å². The summed E-state index contributed by atoms with van der Waals surface area (Å²) in [5, 5.41) is 0. The highest BCUT2D eigenvalue weighted by Gasteiger charge is 2.20. The molecule has 2 N–H and O–H groups in total. The van der Waals surface area contributed by atoms with Crippen molar-refractivity contribution in [1.29, 1.82) is 0 Å². The zero-order valence-electron chi connectivity index (χ0n) is 11.4. The molecule has 0 aliphatic carbocycles. The second-order valence-electron chi connectivity index (χ2n) is 4.93. The third-order valence-corrected chi connectivity index (χ3v) is 3.78. The second kappa shape index (κ2) is 6.28. The number of carbonyl (C=O) groups is 1. The Labute approximate surface area is 123 Å². The molecule has 0 aromatic heterocycles. The third kappa shape index (κ3) is 3.32. The van der Waals surface area contributed by atoms with Crippen LogP contribution in [0.3, 0.4) is 0 Å². The number of piperazine rings is 1. The van der Waals surface area contributed by atoms with Crippen molar-refractivity contribution in [1.82, 2.24) is 9.80 Å². The van der Waals surface area contributed by atoms with Crippen molar-refractivity contribution in [3.8, 4) is 0 Å². The van der Waals surface area contributed by atoms with Crippen LogP contribution in [-0.2, 0) is 11.3 Å². The molecule has 0 saturated carbocycles. The van der Waals surface area contributed by atoms with Crippen LogP contribution in [-0.4, -0.2) is 46.9 Å². The number of rotatable bonds is 3. The summed E-state index contributed by atoms with van der Waals surface area (Å²) in [5.41, 5.74) is 6.38. The van der Waals surface area contributed by atoms with E-state index in [-0.39, 0.29) is 16.7 Å². The van der Waals surface area contributed by atoms with Gasteiger partial charge in [0.2, 0.25) is 5.91 Å². The number of halogens is 1. The summed E-state index contributed by atoms with van der Waals surface area (Å²) >= 11 is 4.84. The summed E-state index contributed by atoms with van der Waals surface area (Å²) in [6.07, 6.45) is 0. The third-order valence-electron chi connectivity index (χ3n) is 3.56. The maximum atomic E-state index is 14.2. The molecule has 0 radical (unpaired) electrons. The first kappa shape index (κ1) is 14.9. The van der Waals surface area contributed by atoms with Gasteiger partial charge in [-0.25, -0.2) is 4.39 Å². The van der Waals surface area contributed by atoms with Crippen LogP contribution in [0.4, 0.5) is 4.39 Å². The van der Waals surface area contributed by atoms with E-state index in [0.29, 0.717) is 30.8 Å². The van der Waals surface area contributed by atoms with E-state index in [2.05, 4.69) is 4.90 Å². The number of hydrogen-bond donors (Lipinski definition) is 1. The van der Waals surface area contributed by atoms with Gasteiger partial charge in [-0.05, 0) is 6.07 Å². The van der Waals surface area contributed by atoms with Crippen LogP contribution in [0.2, 0.25) is 0 Å². The molecule has 0 unspecified atom stereocenters. The van der Waals surface area contributed by atoms with Gasteiger partial charge in [0.05, 0.1) is 0 Å². The first-order valence-corrected chi connectivity index (χ1v) is 6.95. The fraction of sp³-hybridized carbons (Fsp3) is 0.429. The van der Waals surface area contributed by atoms with E-state index >= 15 is 0 Å². The number of amides is 1. The van der Waals surface area contributed by atoms with E-state index in [9.17, 15) is 9.18 Å². The van der Waals surface area contributed by atoms with Gasteiger partial charge < -0.3 is 10.6 Å². The molecule has 0 spiro atoms. The van der Waals surface area contributed by atoms with E-state index in [0.717, 1.165) is 13.1 Å². The molecule has 1 aromatic carbocycles. The lowest BCUT2D eigenvalue weighted by molar-refractivity contribution is -0.130. The Balaban J connectivity index is 2.03. The highest BCUT2D eigenvalue weighted by Crippen LogP contribution is 2.16. The van der Waals surface area contributed by atoms with E-state index in [1.54, 1.807) is 30.0 Å². The fourth-order valence-corrected chi connectivity index (χ4v) is 2.51. The lowest BCUT2D eigenvalue weighted by Gasteiger charge is -2.34. The predicted octanol–water partition coefficient (Wildman–Crippen LogP) is 1.12. The predicted molar refractivity (Wildman–Crippen MR) is 79.8 cm³/mol. The molecule has 1 aliphatic rings. The van der Waals surface area contributed by atoms with Gasteiger partial charge in [-0.2, -0.15) is 0 Å². The zero-order chi connectivity index (χ0) is 14.7. The van der Waals surface area contributed by atoms with Crippen LogP contribution in [0.5, 0.6) is 0 Å². The summed E-state index contributed by atoms with van der Waals surface area (Å²) in [6, 6.07) is 5.10. The van der Waals surface area contributed by atoms with Gasteiger partial charge in [0.25, 0.3) is 0 Å². The van der Waals surface area contributed by atoms with Crippen LogP contribution in [0.25, 0.3) is 0 Å². The highest BCUT2D eigenvalue weighted by atomic mass is 32.1. The topological polar surface area (TPSA) is 49.6 Å². The van der Waals surface area contributed by atoms with Gasteiger partial charge >= 0.3 is 0 Å². The molecule has 1 amide bonds. The minimum Gasteiger partial charge on any atom is -0.389 e. The molecule has 1 fully saturated rings. The molecule has 1 saturated heterocycles. The van der Waals surface area contributed by atoms with Gasteiger partial charge in [-0.1, -0.05) is 24.4 Å². The van der Waals surface area contributed by atoms with Crippen molar-refractivity contribution < 1.29 is 9.18 Å². The van der Waals surface area contributed by atoms with Gasteiger partial charge in [0, 0.05) is 50.8 Å². The van der Waals surface area contributed by atoms with Crippen molar-refractivity contribution in [3.63, 3.8) is 0 Å². The van der Waals surface area contributed by atoms with Gasteiger partial charge in [-0.15, -0.1) is 0 Å². The van der Waals surface area contributed by atoms with E-state index in [1.807, 2.05) is 0 Å². The Kier molecular flexibility index (Phi) is 4.67. The van der Waals surface area contributed by atoms with Crippen LogP contribution < -0.4 is 5.73 Å². The number of nitrogens with zero attached hydrogens (tertiary/aromatic N) is 2. The summed E-state index contributed by atoms with van der Waals surface area (Å²) in [5.74, 6) is -0.250. The minimum atomic E-state index is -0.339. The first-order valence-electron chi connectivity index (χ1n) is 6.54. The van der Waals surface area contributed by atoms with Crippen LogP contribution in [0.15, 0.2) is 18.2 Å². The Morgan fingerprint density at radius 2 is 2.00 bits per heavy atom. The Morgan fingerprint density at radius 1 is 1.35 bits per heavy atom. The first-order chi connectivity index (χ1) is 9.49. The molecule has 4 nitrogen and oxygen atoms in total. The Hall–Kier alpha value is -1.53. The maximum Gasteiger partial charge on any atom is 0.219 e. The standard InChI is InChI=1S/C14H18FN3OS/c1-10(19)18-7-5-17(6-8-18)9-11-3-2-4-12(13(11)15)14(16)20/h2-4H,5-9H2,1H3,(H2,16,20). The normalized spacial score (nSPS) is 16.2. The molecule has 1 aliphatic heterocycles. The van der Waals surface area contributed by atoms with Crippen molar-refractivity contribution in [2.45, 2.75) is 13.5 Å². The summed E-state index contributed by atoms with van der Waals surface area (Å²) in [6.45, 7) is 4.94. The summed E-state index contributed by atoms with van der Waals surface area (Å²) in [4.78, 5) is 15.3. The molecular weight excluding hydrogens is 277 g/mol. The minimum absolute atomic E-state index is 0.0748. The lowest BCUT2D eigenvalue weighted by Crippen LogP contribution is -2.47.